The number of carbonyl (C=O) groups is 1. The van der Waals surface area contributed by atoms with Gasteiger partial charge in [0.05, 0.1) is 19.8 Å². The molecule has 0 aliphatic carbocycles. The summed E-state index contributed by atoms with van der Waals surface area (Å²) in [5.41, 5.74) is 1.97. The highest BCUT2D eigenvalue weighted by Crippen LogP contribution is 2.26. The summed E-state index contributed by atoms with van der Waals surface area (Å²) in [5.74, 6) is 0.707. The molecule has 1 atom stereocenters. The third-order valence-corrected chi connectivity index (χ3v) is 7.25. The Kier molecular flexibility index (Phi) is 8.79. The van der Waals surface area contributed by atoms with E-state index in [-0.39, 0.29) is 5.91 Å². The van der Waals surface area contributed by atoms with Crippen molar-refractivity contribution in [2.45, 2.75) is 31.7 Å². The fourth-order valence-corrected chi connectivity index (χ4v) is 5.37. The summed E-state index contributed by atoms with van der Waals surface area (Å²) in [6.07, 6.45) is 5.02. The highest BCUT2D eigenvalue weighted by Gasteiger charge is 2.29. The number of piperidine rings is 2. The van der Waals surface area contributed by atoms with Crippen LogP contribution in [0.3, 0.4) is 0 Å². The number of rotatable bonds is 8. The van der Waals surface area contributed by atoms with Crippen LogP contribution in [0, 0.1) is 5.92 Å². The van der Waals surface area contributed by atoms with Gasteiger partial charge in [-0.15, -0.1) is 0 Å². The second-order valence-electron chi connectivity index (χ2n) is 9.43. The van der Waals surface area contributed by atoms with Gasteiger partial charge >= 0.3 is 0 Å². The number of ether oxygens (including phenoxy) is 2. The van der Waals surface area contributed by atoms with Crippen LogP contribution in [0.1, 0.15) is 36.0 Å². The van der Waals surface area contributed by atoms with Crippen LogP contribution in [-0.2, 0) is 9.47 Å². The van der Waals surface area contributed by atoms with E-state index in [9.17, 15) is 4.79 Å². The average Bonchev–Trinajstić information content (AvgIpc) is 2.85. The lowest BCUT2D eigenvalue weighted by atomic mass is 9.94. The molecule has 0 spiro atoms. The number of carbonyl (C=O) groups excluding carboxylic acids is 1. The lowest BCUT2D eigenvalue weighted by molar-refractivity contribution is 0.0383. The quantitative estimate of drug-likeness (QED) is 0.663. The molecule has 1 aromatic rings. The molecule has 1 N–H and O–H groups in total. The highest BCUT2D eigenvalue weighted by atomic mass is 16.5. The zero-order valence-corrected chi connectivity index (χ0v) is 19.6. The molecule has 1 aromatic carbocycles. The number of amides is 1. The van der Waals surface area contributed by atoms with Crippen molar-refractivity contribution >= 4 is 11.6 Å². The van der Waals surface area contributed by atoms with Gasteiger partial charge in [0.2, 0.25) is 0 Å². The Morgan fingerprint density at radius 2 is 1.81 bits per heavy atom. The van der Waals surface area contributed by atoms with Crippen LogP contribution in [0.4, 0.5) is 5.69 Å². The number of morpholine rings is 1. The number of benzene rings is 1. The average molecular weight is 445 g/mol. The molecular formula is C25H40N4O3. The van der Waals surface area contributed by atoms with E-state index in [1.807, 2.05) is 19.2 Å². The second kappa shape index (κ2) is 12.0. The molecule has 32 heavy (non-hydrogen) atoms. The Bertz CT molecular complexity index is 698. The minimum Gasteiger partial charge on any atom is -0.384 e. The van der Waals surface area contributed by atoms with Gasteiger partial charge < -0.3 is 19.7 Å². The molecule has 3 heterocycles. The van der Waals surface area contributed by atoms with Gasteiger partial charge in [-0.2, -0.15) is 0 Å². The third kappa shape index (κ3) is 6.44. The van der Waals surface area contributed by atoms with Gasteiger partial charge in [0.15, 0.2) is 0 Å². The standard InChI is InChI=1S/C25H40N4O3/c1-31-20-21-3-2-11-29(19-21)24-8-12-28(13-9-24)23-6-4-22(5-7-23)25(30)26-10-14-27-15-17-32-18-16-27/h4-7,21,24H,2-3,8-20H2,1H3,(H,26,30). The summed E-state index contributed by atoms with van der Waals surface area (Å²) >= 11 is 0. The van der Waals surface area contributed by atoms with Crippen molar-refractivity contribution in [2.24, 2.45) is 5.92 Å². The molecule has 1 unspecified atom stereocenters. The van der Waals surface area contributed by atoms with Crippen molar-refractivity contribution < 1.29 is 14.3 Å². The van der Waals surface area contributed by atoms with E-state index in [1.54, 1.807) is 0 Å². The summed E-state index contributed by atoms with van der Waals surface area (Å²) in [4.78, 5) is 20.0. The number of hydrogen-bond donors (Lipinski definition) is 1. The van der Waals surface area contributed by atoms with Crippen LogP contribution in [0.15, 0.2) is 24.3 Å². The first kappa shape index (κ1) is 23.5. The predicted octanol–water partition coefficient (Wildman–Crippen LogP) is 2.08. The van der Waals surface area contributed by atoms with E-state index in [0.717, 1.165) is 58.1 Å². The van der Waals surface area contributed by atoms with Crippen molar-refractivity contribution in [1.29, 1.82) is 0 Å². The number of hydrogen-bond acceptors (Lipinski definition) is 6. The normalized spacial score (nSPS) is 23.9. The van der Waals surface area contributed by atoms with Gasteiger partial charge in [0, 0.05) is 70.2 Å². The number of nitrogens with zero attached hydrogens (tertiary/aromatic N) is 3. The Labute approximate surface area is 193 Å². The Morgan fingerprint density at radius 1 is 1.06 bits per heavy atom. The van der Waals surface area contributed by atoms with Crippen LogP contribution >= 0.6 is 0 Å². The SMILES string of the molecule is COCC1CCCN(C2CCN(c3ccc(C(=O)NCCN4CCOCC4)cc3)CC2)C1. The summed E-state index contributed by atoms with van der Waals surface area (Å²) in [6, 6.07) is 8.83. The zero-order valence-electron chi connectivity index (χ0n) is 19.6. The molecule has 0 bridgehead atoms. The Balaban J connectivity index is 1.20. The molecule has 178 valence electrons. The number of nitrogens with one attached hydrogen (secondary N) is 1. The van der Waals surface area contributed by atoms with E-state index in [4.69, 9.17) is 9.47 Å². The molecule has 1 amide bonds. The van der Waals surface area contributed by atoms with Gasteiger partial charge in [0.25, 0.3) is 5.91 Å². The smallest absolute Gasteiger partial charge is 0.251 e. The molecule has 0 aromatic heterocycles. The summed E-state index contributed by atoms with van der Waals surface area (Å²) in [7, 11) is 1.82. The number of methoxy groups -OCH3 is 1. The van der Waals surface area contributed by atoms with Crippen LogP contribution in [0.5, 0.6) is 0 Å². The topological polar surface area (TPSA) is 57.3 Å². The number of likely N-dealkylation sites (tertiary alicyclic amines) is 1. The molecule has 3 saturated heterocycles. The first-order valence-electron chi connectivity index (χ1n) is 12.4. The zero-order chi connectivity index (χ0) is 22.2. The van der Waals surface area contributed by atoms with Gasteiger partial charge in [0.1, 0.15) is 0 Å². The largest absolute Gasteiger partial charge is 0.384 e. The van der Waals surface area contributed by atoms with Crippen molar-refractivity contribution in [3.8, 4) is 0 Å². The minimum absolute atomic E-state index is 0.0132. The van der Waals surface area contributed by atoms with Crippen molar-refractivity contribution in [3.05, 3.63) is 29.8 Å². The molecule has 0 radical (unpaired) electrons. The van der Waals surface area contributed by atoms with Crippen LogP contribution < -0.4 is 10.2 Å². The maximum absolute atomic E-state index is 12.5. The molecule has 3 aliphatic rings. The fourth-order valence-electron chi connectivity index (χ4n) is 5.37. The first-order chi connectivity index (χ1) is 15.7. The summed E-state index contributed by atoms with van der Waals surface area (Å²) in [6.45, 7) is 10.5. The molecule has 3 aliphatic heterocycles. The molecule has 3 fully saturated rings. The lowest BCUT2D eigenvalue weighted by Crippen LogP contribution is -2.49. The van der Waals surface area contributed by atoms with Gasteiger partial charge in [-0.05, 0) is 62.4 Å². The summed E-state index contributed by atoms with van der Waals surface area (Å²) in [5, 5.41) is 3.05. The van der Waals surface area contributed by atoms with Crippen molar-refractivity contribution in [2.75, 3.05) is 84.2 Å². The molecule has 4 rings (SSSR count). The minimum atomic E-state index is 0.0132. The Hall–Kier alpha value is -1.67. The van der Waals surface area contributed by atoms with E-state index < -0.39 is 0 Å². The summed E-state index contributed by atoms with van der Waals surface area (Å²) < 4.78 is 10.8. The maximum Gasteiger partial charge on any atom is 0.251 e. The fraction of sp³-hybridized carbons (Fsp3) is 0.720. The van der Waals surface area contributed by atoms with E-state index >= 15 is 0 Å². The predicted molar refractivity (Wildman–Crippen MR) is 127 cm³/mol. The highest BCUT2D eigenvalue weighted by molar-refractivity contribution is 5.94. The van der Waals surface area contributed by atoms with E-state index in [0.29, 0.717) is 18.5 Å². The van der Waals surface area contributed by atoms with Crippen molar-refractivity contribution in [1.82, 2.24) is 15.1 Å². The second-order valence-corrected chi connectivity index (χ2v) is 9.43. The monoisotopic (exact) mass is 444 g/mol. The molecular weight excluding hydrogens is 404 g/mol. The third-order valence-electron chi connectivity index (χ3n) is 7.25. The van der Waals surface area contributed by atoms with Gasteiger partial charge in [-0.3, -0.25) is 14.6 Å². The van der Waals surface area contributed by atoms with Crippen LogP contribution in [0.25, 0.3) is 0 Å². The van der Waals surface area contributed by atoms with Gasteiger partial charge in [-0.25, -0.2) is 0 Å². The van der Waals surface area contributed by atoms with Crippen LogP contribution in [0.2, 0.25) is 0 Å². The Morgan fingerprint density at radius 3 is 2.53 bits per heavy atom. The van der Waals surface area contributed by atoms with Crippen molar-refractivity contribution in [3.63, 3.8) is 0 Å². The van der Waals surface area contributed by atoms with Crippen LogP contribution in [-0.4, -0.2) is 101 Å². The maximum atomic E-state index is 12.5. The van der Waals surface area contributed by atoms with E-state index in [2.05, 4.69) is 32.1 Å². The van der Waals surface area contributed by atoms with Gasteiger partial charge in [-0.1, -0.05) is 0 Å². The molecule has 0 saturated carbocycles. The molecule has 7 nitrogen and oxygen atoms in total. The lowest BCUT2D eigenvalue weighted by Gasteiger charge is -2.42. The van der Waals surface area contributed by atoms with E-state index in [1.165, 1.54) is 44.5 Å². The first-order valence-corrected chi connectivity index (χ1v) is 12.4. The number of anilines is 1. The molecule has 7 heteroatoms.